The fraction of sp³-hybridized carbons (Fsp3) is 0.600. The summed E-state index contributed by atoms with van der Waals surface area (Å²) in [5, 5.41) is 8.78. The Labute approximate surface area is 134 Å². The number of nitrogens with zero attached hydrogens (tertiary/aromatic N) is 2. The van der Waals surface area contributed by atoms with Gasteiger partial charge in [0.05, 0.1) is 24.1 Å². The van der Waals surface area contributed by atoms with Crippen molar-refractivity contribution in [2.75, 3.05) is 39.8 Å². The lowest BCUT2D eigenvalue weighted by atomic mass is 10.2. The molecule has 0 aliphatic carbocycles. The molecule has 22 heavy (non-hydrogen) atoms. The van der Waals surface area contributed by atoms with Crippen LogP contribution in [0.4, 0.5) is 0 Å². The van der Waals surface area contributed by atoms with Crippen molar-refractivity contribution in [1.82, 2.24) is 9.80 Å². The van der Waals surface area contributed by atoms with Crippen LogP contribution in [0, 0.1) is 13.8 Å². The van der Waals surface area contributed by atoms with Gasteiger partial charge in [0, 0.05) is 24.5 Å². The van der Waals surface area contributed by atoms with Gasteiger partial charge < -0.3 is 14.7 Å². The number of carboxylic acid groups (broad SMARTS) is 1. The van der Waals surface area contributed by atoms with Crippen LogP contribution in [0.5, 0.6) is 0 Å². The molecule has 0 saturated carbocycles. The quantitative estimate of drug-likeness (QED) is 0.881. The molecule has 1 fully saturated rings. The highest BCUT2D eigenvalue weighted by Crippen LogP contribution is 2.23. The van der Waals surface area contributed by atoms with Gasteiger partial charge in [-0.1, -0.05) is 0 Å². The molecule has 0 bridgehead atoms. The van der Waals surface area contributed by atoms with Crippen molar-refractivity contribution in [3.63, 3.8) is 0 Å². The SMILES string of the molecule is Cc1cc(C(=O)N2CCOC(CN(C)CC(=O)O)C2)sc1C. The van der Waals surface area contributed by atoms with E-state index in [1.165, 1.54) is 11.3 Å². The first kappa shape index (κ1) is 16.9. The fourth-order valence-electron chi connectivity index (χ4n) is 2.49. The number of amides is 1. The zero-order valence-electron chi connectivity index (χ0n) is 13.2. The van der Waals surface area contributed by atoms with E-state index in [0.717, 1.165) is 15.3 Å². The average molecular weight is 326 g/mol. The number of aliphatic carboxylic acids is 1. The molecule has 2 rings (SSSR count). The highest BCUT2D eigenvalue weighted by atomic mass is 32.1. The standard InChI is InChI=1S/C15H22N2O4S/c1-10-6-13(22-11(10)2)15(20)17-4-5-21-12(8-17)7-16(3)9-14(18)19/h6,12H,4-5,7-9H2,1-3H3,(H,18,19). The topological polar surface area (TPSA) is 70.1 Å². The van der Waals surface area contributed by atoms with E-state index in [2.05, 4.69) is 0 Å². The van der Waals surface area contributed by atoms with Crippen LogP contribution in [-0.4, -0.2) is 72.7 Å². The van der Waals surface area contributed by atoms with Crippen LogP contribution >= 0.6 is 11.3 Å². The summed E-state index contributed by atoms with van der Waals surface area (Å²) in [5.74, 6) is -0.828. The lowest BCUT2D eigenvalue weighted by Crippen LogP contribution is -2.49. The molecule has 1 amide bonds. The van der Waals surface area contributed by atoms with E-state index in [0.29, 0.717) is 26.2 Å². The molecule has 1 N–H and O–H groups in total. The molecule has 1 saturated heterocycles. The Morgan fingerprint density at radius 1 is 1.50 bits per heavy atom. The molecular formula is C15H22N2O4S. The molecule has 1 aromatic heterocycles. The Kier molecular flexibility index (Phi) is 5.55. The number of hydrogen-bond donors (Lipinski definition) is 1. The Balaban J connectivity index is 1.95. The summed E-state index contributed by atoms with van der Waals surface area (Å²) in [6.45, 7) is 6.05. The van der Waals surface area contributed by atoms with Crippen LogP contribution < -0.4 is 0 Å². The molecule has 0 spiro atoms. The summed E-state index contributed by atoms with van der Waals surface area (Å²) in [7, 11) is 1.74. The highest BCUT2D eigenvalue weighted by Gasteiger charge is 2.27. The lowest BCUT2D eigenvalue weighted by molar-refractivity contribution is -0.138. The molecule has 122 valence electrons. The van der Waals surface area contributed by atoms with E-state index in [9.17, 15) is 9.59 Å². The first-order chi connectivity index (χ1) is 10.4. The van der Waals surface area contributed by atoms with Gasteiger partial charge in [-0.3, -0.25) is 14.5 Å². The van der Waals surface area contributed by atoms with Crippen molar-refractivity contribution in [3.8, 4) is 0 Å². The van der Waals surface area contributed by atoms with Crippen molar-refractivity contribution >= 4 is 23.2 Å². The second kappa shape index (κ2) is 7.21. The van der Waals surface area contributed by atoms with Gasteiger partial charge in [0.15, 0.2) is 0 Å². The third-order valence-corrected chi connectivity index (χ3v) is 4.86. The molecule has 1 aromatic rings. The van der Waals surface area contributed by atoms with Gasteiger partial charge in [0.25, 0.3) is 5.91 Å². The Morgan fingerprint density at radius 3 is 2.82 bits per heavy atom. The van der Waals surface area contributed by atoms with Crippen LogP contribution in [0.1, 0.15) is 20.1 Å². The molecule has 1 atom stereocenters. The number of carbonyl (C=O) groups excluding carboxylic acids is 1. The highest BCUT2D eigenvalue weighted by molar-refractivity contribution is 7.14. The molecule has 1 unspecified atom stereocenters. The third kappa shape index (κ3) is 4.28. The van der Waals surface area contributed by atoms with E-state index in [1.807, 2.05) is 19.9 Å². The van der Waals surface area contributed by atoms with Gasteiger partial charge in [0.1, 0.15) is 0 Å². The minimum atomic E-state index is -0.865. The normalized spacial score (nSPS) is 18.7. The summed E-state index contributed by atoms with van der Waals surface area (Å²) in [4.78, 5) is 28.7. The Bertz CT molecular complexity index is 538. The van der Waals surface area contributed by atoms with Crippen molar-refractivity contribution in [2.24, 2.45) is 0 Å². The fourth-order valence-corrected chi connectivity index (χ4v) is 3.49. The average Bonchev–Trinajstić information content (AvgIpc) is 2.77. The number of rotatable bonds is 5. The first-order valence-corrected chi connectivity index (χ1v) is 8.06. The maximum absolute atomic E-state index is 12.5. The van der Waals surface area contributed by atoms with Crippen LogP contribution in [-0.2, 0) is 9.53 Å². The van der Waals surface area contributed by atoms with Crippen molar-refractivity contribution in [1.29, 1.82) is 0 Å². The molecule has 0 radical (unpaired) electrons. The zero-order chi connectivity index (χ0) is 16.3. The number of carbonyl (C=O) groups is 2. The summed E-state index contributed by atoms with van der Waals surface area (Å²) in [5.41, 5.74) is 1.14. The minimum Gasteiger partial charge on any atom is -0.480 e. The predicted octanol–water partition coefficient (Wildman–Crippen LogP) is 1.22. The zero-order valence-corrected chi connectivity index (χ0v) is 14.0. The third-order valence-electron chi connectivity index (χ3n) is 3.72. The predicted molar refractivity (Wildman–Crippen MR) is 84.6 cm³/mol. The summed E-state index contributed by atoms with van der Waals surface area (Å²) in [6.07, 6.45) is -0.149. The van der Waals surface area contributed by atoms with Crippen LogP contribution in [0.2, 0.25) is 0 Å². The first-order valence-electron chi connectivity index (χ1n) is 7.25. The van der Waals surface area contributed by atoms with E-state index < -0.39 is 5.97 Å². The molecule has 2 heterocycles. The van der Waals surface area contributed by atoms with E-state index >= 15 is 0 Å². The van der Waals surface area contributed by atoms with Gasteiger partial charge in [-0.2, -0.15) is 0 Å². The van der Waals surface area contributed by atoms with E-state index in [-0.39, 0.29) is 18.6 Å². The maximum Gasteiger partial charge on any atom is 0.317 e. The molecule has 0 aromatic carbocycles. The summed E-state index contributed by atoms with van der Waals surface area (Å²) < 4.78 is 5.65. The number of likely N-dealkylation sites (N-methyl/N-ethyl adjacent to an activating group) is 1. The smallest absolute Gasteiger partial charge is 0.317 e. The van der Waals surface area contributed by atoms with Gasteiger partial charge in [-0.05, 0) is 32.5 Å². The summed E-state index contributed by atoms with van der Waals surface area (Å²) >= 11 is 1.52. The van der Waals surface area contributed by atoms with Gasteiger partial charge >= 0.3 is 5.97 Å². The second-order valence-electron chi connectivity index (χ2n) is 5.68. The second-order valence-corrected chi connectivity index (χ2v) is 6.94. The molecular weight excluding hydrogens is 304 g/mol. The van der Waals surface area contributed by atoms with Gasteiger partial charge in [-0.25, -0.2) is 0 Å². The Hall–Kier alpha value is -1.44. The molecule has 6 nitrogen and oxygen atoms in total. The maximum atomic E-state index is 12.5. The Morgan fingerprint density at radius 2 is 2.23 bits per heavy atom. The van der Waals surface area contributed by atoms with Crippen LogP contribution in [0.25, 0.3) is 0 Å². The largest absolute Gasteiger partial charge is 0.480 e. The van der Waals surface area contributed by atoms with Gasteiger partial charge in [-0.15, -0.1) is 11.3 Å². The molecule has 1 aliphatic rings. The summed E-state index contributed by atoms with van der Waals surface area (Å²) in [6, 6.07) is 1.93. The van der Waals surface area contributed by atoms with Crippen molar-refractivity contribution < 1.29 is 19.4 Å². The molecule has 7 heteroatoms. The monoisotopic (exact) mass is 326 g/mol. The number of thiophene rings is 1. The number of ether oxygens (including phenoxy) is 1. The number of morpholine rings is 1. The van der Waals surface area contributed by atoms with E-state index in [4.69, 9.17) is 9.84 Å². The van der Waals surface area contributed by atoms with Crippen molar-refractivity contribution in [3.05, 3.63) is 21.4 Å². The number of aryl methyl sites for hydroxylation is 2. The minimum absolute atomic E-state index is 0.0306. The van der Waals surface area contributed by atoms with Crippen molar-refractivity contribution in [2.45, 2.75) is 20.0 Å². The van der Waals surface area contributed by atoms with E-state index in [1.54, 1.807) is 16.8 Å². The molecule has 1 aliphatic heterocycles. The van der Waals surface area contributed by atoms with Crippen LogP contribution in [0.15, 0.2) is 6.07 Å². The number of carboxylic acids is 1. The van der Waals surface area contributed by atoms with Crippen LogP contribution in [0.3, 0.4) is 0 Å². The number of hydrogen-bond acceptors (Lipinski definition) is 5. The van der Waals surface area contributed by atoms with Gasteiger partial charge in [0.2, 0.25) is 0 Å². The lowest BCUT2D eigenvalue weighted by Gasteiger charge is -2.34.